The Labute approximate surface area is 129 Å². The molecule has 2 N–H and O–H groups in total. The van der Waals surface area contributed by atoms with Crippen LogP contribution < -0.4 is 15.2 Å². The molecule has 0 spiro atoms. The first kappa shape index (κ1) is 15.6. The molecule has 0 amide bonds. The van der Waals surface area contributed by atoms with Gasteiger partial charge in [-0.15, -0.1) is 11.3 Å². The van der Waals surface area contributed by atoms with Crippen molar-refractivity contribution in [3.63, 3.8) is 0 Å². The molecule has 0 aliphatic heterocycles. The van der Waals surface area contributed by atoms with Crippen molar-refractivity contribution in [2.45, 2.75) is 20.0 Å². The summed E-state index contributed by atoms with van der Waals surface area (Å²) < 4.78 is 10.6. The van der Waals surface area contributed by atoms with Crippen LogP contribution in [0.15, 0.2) is 24.4 Å². The summed E-state index contributed by atoms with van der Waals surface area (Å²) in [5.74, 6) is 1.51. The minimum atomic E-state index is 0.618. The Morgan fingerprint density at radius 1 is 1.19 bits per heavy atom. The second kappa shape index (κ2) is 7.28. The van der Waals surface area contributed by atoms with Crippen LogP contribution in [0.3, 0.4) is 0 Å². The first-order valence-corrected chi connectivity index (χ1v) is 7.61. The predicted molar refractivity (Wildman–Crippen MR) is 85.9 cm³/mol. The molecule has 0 fully saturated rings. The molecule has 0 atom stereocenters. The number of rotatable bonds is 7. The SMILES string of the molecule is CCN(Cc1ccc(OC)c(OC)c1)Cc1cnc(N)s1. The fourth-order valence-electron chi connectivity index (χ4n) is 2.13. The normalized spacial score (nSPS) is 10.9. The van der Waals surface area contributed by atoms with Gasteiger partial charge in [0.2, 0.25) is 0 Å². The maximum atomic E-state index is 5.68. The van der Waals surface area contributed by atoms with Crippen LogP contribution in [0.4, 0.5) is 5.13 Å². The van der Waals surface area contributed by atoms with Crippen molar-refractivity contribution in [3.8, 4) is 11.5 Å². The van der Waals surface area contributed by atoms with Gasteiger partial charge in [-0.3, -0.25) is 4.90 Å². The highest BCUT2D eigenvalue weighted by atomic mass is 32.1. The van der Waals surface area contributed by atoms with E-state index in [9.17, 15) is 0 Å². The van der Waals surface area contributed by atoms with Crippen molar-refractivity contribution in [1.29, 1.82) is 0 Å². The lowest BCUT2D eigenvalue weighted by atomic mass is 10.2. The molecule has 0 bridgehead atoms. The van der Waals surface area contributed by atoms with E-state index in [1.54, 1.807) is 14.2 Å². The minimum Gasteiger partial charge on any atom is -0.493 e. The standard InChI is InChI=1S/C15H21N3O2S/c1-4-18(10-12-8-17-15(16)21-12)9-11-5-6-13(19-2)14(7-11)20-3/h5-8H,4,9-10H2,1-3H3,(H2,16,17). The molecule has 0 aliphatic rings. The monoisotopic (exact) mass is 307 g/mol. The molecule has 0 radical (unpaired) electrons. The number of nitrogens with two attached hydrogens (primary N) is 1. The second-order valence-corrected chi connectivity index (χ2v) is 5.80. The van der Waals surface area contributed by atoms with Crippen LogP contribution in [0.25, 0.3) is 0 Å². The first-order valence-electron chi connectivity index (χ1n) is 6.79. The van der Waals surface area contributed by atoms with Crippen molar-refractivity contribution >= 4 is 16.5 Å². The zero-order chi connectivity index (χ0) is 15.2. The number of anilines is 1. The number of hydrogen-bond donors (Lipinski definition) is 1. The molecule has 114 valence electrons. The number of ether oxygens (including phenoxy) is 2. The van der Waals surface area contributed by atoms with Gasteiger partial charge in [0, 0.05) is 24.2 Å². The minimum absolute atomic E-state index is 0.618. The van der Waals surface area contributed by atoms with Gasteiger partial charge in [-0.1, -0.05) is 13.0 Å². The van der Waals surface area contributed by atoms with Gasteiger partial charge in [-0.2, -0.15) is 0 Å². The van der Waals surface area contributed by atoms with E-state index >= 15 is 0 Å². The molecule has 1 aromatic heterocycles. The topological polar surface area (TPSA) is 60.6 Å². The van der Waals surface area contributed by atoms with E-state index in [2.05, 4.69) is 22.9 Å². The molecule has 1 heterocycles. The van der Waals surface area contributed by atoms with Crippen LogP contribution in [-0.4, -0.2) is 30.6 Å². The Balaban J connectivity index is 2.07. The van der Waals surface area contributed by atoms with Crippen molar-refractivity contribution in [2.24, 2.45) is 0 Å². The van der Waals surface area contributed by atoms with Crippen LogP contribution in [0.1, 0.15) is 17.4 Å². The number of benzene rings is 1. The van der Waals surface area contributed by atoms with Crippen molar-refractivity contribution in [3.05, 3.63) is 34.8 Å². The summed E-state index contributed by atoms with van der Waals surface area (Å²) in [5, 5.41) is 0.618. The van der Waals surface area contributed by atoms with Crippen LogP contribution in [-0.2, 0) is 13.1 Å². The quantitative estimate of drug-likeness (QED) is 0.852. The van der Waals surface area contributed by atoms with Gasteiger partial charge in [0.25, 0.3) is 0 Å². The van der Waals surface area contributed by atoms with Gasteiger partial charge in [-0.25, -0.2) is 4.98 Å². The molecule has 1 aromatic carbocycles. The van der Waals surface area contributed by atoms with Gasteiger partial charge in [0.1, 0.15) is 0 Å². The smallest absolute Gasteiger partial charge is 0.180 e. The molecule has 21 heavy (non-hydrogen) atoms. The Morgan fingerprint density at radius 2 is 1.95 bits per heavy atom. The largest absolute Gasteiger partial charge is 0.493 e. The maximum Gasteiger partial charge on any atom is 0.180 e. The maximum absolute atomic E-state index is 5.68. The first-order chi connectivity index (χ1) is 10.2. The Hall–Kier alpha value is -1.79. The highest BCUT2D eigenvalue weighted by molar-refractivity contribution is 7.15. The van der Waals surface area contributed by atoms with E-state index in [1.807, 2.05) is 18.3 Å². The van der Waals surface area contributed by atoms with Gasteiger partial charge < -0.3 is 15.2 Å². The Morgan fingerprint density at radius 3 is 2.52 bits per heavy atom. The number of thiazole rings is 1. The number of nitrogens with zero attached hydrogens (tertiary/aromatic N) is 2. The molecule has 0 saturated heterocycles. The van der Waals surface area contributed by atoms with Crippen molar-refractivity contribution in [2.75, 3.05) is 26.5 Å². The third kappa shape index (κ3) is 4.09. The molecule has 0 unspecified atom stereocenters. The summed E-state index contributed by atoms with van der Waals surface area (Å²) in [6.07, 6.45) is 1.84. The van der Waals surface area contributed by atoms with E-state index < -0.39 is 0 Å². The molecular weight excluding hydrogens is 286 g/mol. The summed E-state index contributed by atoms with van der Waals surface area (Å²) in [6.45, 7) is 4.78. The highest BCUT2D eigenvalue weighted by Crippen LogP contribution is 2.28. The van der Waals surface area contributed by atoms with Gasteiger partial charge in [-0.05, 0) is 24.2 Å². The highest BCUT2D eigenvalue weighted by Gasteiger charge is 2.10. The van der Waals surface area contributed by atoms with Crippen LogP contribution >= 0.6 is 11.3 Å². The summed E-state index contributed by atoms with van der Waals surface area (Å²) in [6, 6.07) is 6.01. The van der Waals surface area contributed by atoms with Crippen molar-refractivity contribution in [1.82, 2.24) is 9.88 Å². The number of hydrogen-bond acceptors (Lipinski definition) is 6. The second-order valence-electron chi connectivity index (χ2n) is 4.66. The summed E-state index contributed by atoms with van der Waals surface area (Å²) in [7, 11) is 3.30. The Kier molecular flexibility index (Phi) is 5.41. The zero-order valence-corrected chi connectivity index (χ0v) is 13.4. The molecule has 2 rings (SSSR count). The summed E-state index contributed by atoms with van der Waals surface area (Å²) >= 11 is 1.54. The summed E-state index contributed by atoms with van der Waals surface area (Å²) in [5.41, 5.74) is 6.86. The Bertz CT molecular complexity index is 586. The molecule has 6 heteroatoms. The van der Waals surface area contributed by atoms with Gasteiger partial charge in [0.15, 0.2) is 16.6 Å². The lowest BCUT2D eigenvalue weighted by Gasteiger charge is -2.20. The van der Waals surface area contributed by atoms with Crippen molar-refractivity contribution < 1.29 is 9.47 Å². The number of nitrogen functional groups attached to an aromatic ring is 1. The molecule has 5 nitrogen and oxygen atoms in total. The fraction of sp³-hybridized carbons (Fsp3) is 0.400. The van der Waals surface area contributed by atoms with E-state index in [0.717, 1.165) is 31.1 Å². The number of aromatic nitrogens is 1. The van der Waals surface area contributed by atoms with Crippen LogP contribution in [0.2, 0.25) is 0 Å². The van der Waals surface area contributed by atoms with Crippen LogP contribution in [0.5, 0.6) is 11.5 Å². The fourth-order valence-corrected chi connectivity index (χ4v) is 2.86. The zero-order valence-electron chi connectivity index (χ0n) is 12.6. The van der Waals surface area contributed by atoms with Gasteiger partial charge >= 0.3 is 0 Å². The van der Waals surface area contributed by atoms with E-state index in [1.165, 1.54) is 21.8 Å². The lowest BCUT2D eigenvalue weighted by Crippen LogP contribution is -2.21. The summed E-state index contributed by atoms with van der Waals surface area (Å²) in [4.78, 5) is 7.60. The van der Waals surface area contributed by atoms with Gasteiger partial charge in [0.05, 0.1) is 14.2 Å². The lowest BCUT2D eigenvalue weighted by molar-refractivity contribution is 0.272. The van der Waals surface area contributed by atoms with Crippen LogP contribution in [0, 0.1) is 0 Å². The van der Waals surface area contributed by atoms with E-state index in [-0.39, 0.29) is 0 Å². The third-order valence-electron chi connectivity index (χ3n) is 3.25. The average Bonchev–Trinajstić information content (AvgIpc) is 2.91. The average molecular weight is 307 g/mol. The molecule has 2 aromatic rings. The number of methoxy groups -OCH3 is 2. The molecule has 0 aliphatic carbocycles. The molecular formula is C15H21N3O2S. The van der Waals surface area contributed by atoms with E-state index in [0.29, 0.717) is 5.13 Å². The van der Waals surface area contributed by atoms with E-state index in [4.69, 9.17) is 15.2 Å². The molecule has 0 saturated carbocycles. The third-order valence-corrected chi connectivity index (χ3v) is 4.06. The predicted octanol–water partition coefficient (Wildman–Crippen LogP) is 2.76.